The van der Waals surface area contributed by atoms with Gasteiger partial charge in [0.25, 0.3) is 0 Å². The van der Waals surface area contributed by atoms with Crippen LogP contribution in [0.25, 0.3) is 0 Å². The van der Waals surface area contributed by atoms with Crippen LogP contribution in [0.3, 0.4) is 0 Å². The van der Waals surface area contributed by atoms with E-state index < -0.39 is 0 Å². The molecular formula is C19H28N6. The molecule has 6 nitrogen and oxygen atoms in total. The summed E-state index contributed by atoms with van der Waals surface area (Å²) in [6.07, 6.45) is 4.76. The molecule has 6 heteroatoms. The first-order chi connectivity index (χ1) is 12.2. The van der Waals surface area contributed by atoms with Gasteiger partial charge in [-0.1, -0.05) is 29.3 Å². The van der Waals surface area contributed by atoms with Crippen molar-refractivity contribution in [3.05, 3.63) is 47.0 Å². The molecule has 25 heavy (non-hydrogen) atoms. The minimum atomic E-state index is 0.479. The molecule has 1 aliphatic rings. The maximum Gasteiger partial charge on any atom is 0.193 e. The average Bonchev–Trinajstić information content (AvgIpc) is 3.13. The van der Waals surface area contributed by atoms with Gasteiger partial charge in [0, 0.05) is 32.6 Å². The number of nitrogens with one attached hydrogen (secondary N) is 2. The number of aryl methyl sites for hydroxylation is 2. The molecule has 1 fully saturated rings. The van der Waals surface area contributed by atoms with Crippen LogP contribution in [0.2, 0.25) is 0 Å². The van der Waals surface area contributed by atoms with Crippen LogP contribution in [0.5, 0.6) is 0 Å². The Bertz CT molecular complexity index is 678. The molecule has 2 aromatic rings. The lowest BCUT2D eigenvalue weighted by molar-refractivity contribution is 0.299. The summed E-state index contributed by atoms with van der Waals surface area (Å²) in [6.45, 7) is 7.20. The largest absolute Gasteiger partial charge is 0.356 e. The molecule has 1 saturated heterocycles. The molecule has 0 bridgehead atoms. The first kappa shape index (κ1) is 17.5. The number of benzene rings is 1. The van der Waals surface area contributed by atoms with Crippen molar-refractivity contribution in [3.63, 3.8) is 0 Å². The highest BCUT2D eigenvalue weighted by Gasteiger charge is 2.24. The van der Waals surface area contributed by atoms with Crippen molar-refractivity contribution in [3.8, 4) is 0 Å². The van der Waals surface area contributed by atoms with E-state index in [4.69, 9.17) is 0 Å². The van der Waals surface area contributed by atoms with Crippen molar-refractivity contribution >= 4 is 5.96 Å². The molecule has 0 spiro atoms. The summed E-state index contributed by atoms with van der Waals surface area (Å²) < 4.78 is 0. The van der Waals surface area contributed by atoms with Gasteiger partial charge in [-0.15, -0.1) is 0 Å². The third kappa shape index (κ3) is 4.59. The van der Waals surface area contributed by atoms with Crippen molar-refractivity contribution < 1.29 is 0 Å². The number of aliphatic imine (C=N–C) groups is 1. The van der Waals surface area contributed by atoms with Crippen molar-refractivity contribution in [2.45, 2.75) is 39.0 Å². The Morgan fingerprint density at radius 2 is 1.96 bits per heavy atom. The molecular weight excluding hydrogens is 312 g/mol. The fourth-order valence-electron chi connectivity index (χ4n) is 3.64. The van der Waals surface area contributed by atoms with E-state index in [-0.39, 0.29) is 0 Å². The molecule has 0 amide bonds. The van der Waals surface area contributed by atoms with Gasteiger partial charge in [-0.3, -0.25) is 10.1 Å². The third-order valence-electron chi connectivity index (χ3n) is 4.80. The summed E-state index contributed by atoms with van der Waals surface area (Å²) in [6, 6.07) is 6.75. The zero-order valence-corrected chi connectivity index (χ0v) is 15.4. The summed E-state index contributed by atoms with van der Waals surface area (Å²) in [5.74, 6) is 2.49. The van der Waals surface area contributed by atoms with Gasteiger partial charge in [-0.2, -0.15) is 5.10 Å². The second-order valence-corrected chi connectivity index (χ2v) is 6.85. The summed E-state index contributed by atoms with van der Waals surface area (Å²) in [5, 5.41) is 10.5. The molecule has 0 radical (unpaired) electrons. The Morgan fingerprint density at radius 1 is 1.24 bits per heavy atom. The number of nitrogens with zero attached hydrogens (tertiary/aromatic N) is 4. The molecule has 134 valence electrons. The second kappa shape index (κ2) is 8.14. The van der Waals surface area contributed by atoms with Crippen LogP contribution in [-0.4, -0.2) is 52.7 Å². The topological polar surface area (TPSA) is 69.2 Å². The molecule has 0 atom stereocenters. The Hall–Kier alpha value is -2.37. The molecule has 1 aliphatic heterocycles. The van der Waals surface area contributed by atoms with Crippen molar-refractivity contribution in [1.29, 1.82) is 0 Å². The number of hydrogen-bond donors (Lipinski definition) is 2. The lowest BCUT2D eigenvalue weighted by Crippen LogP contribution is -2.45. The SMILES string of the molecule is CN=C(NCCc1cc(C)cc(C)c1)N1CCC(c2ncn[nH]2)CC1. The molecule has 0 unspecified atom stereocenters. The maximum atomic E-state index is 4.46. The first-order valence-electron chi connectivity index (χ1n) is 9.03. The van der Waals surface area contributed by atoms with E-state index in [0.29, 0.717) is 5.92 Å². The normalized spacial score (nSPS) is 16.3. The van der Waals surface area contributed by atoms with E-state index in [1.165, 1.54) is 16.7 Å². The zero-order valence-electron chi connectivity index (χ0n) is 15.4. The molecule has 1 aromatic heterocycles. The quantitative estimate of drug-likeness (QED) is 0.662. The summed E-state index contributed by atoms with van der Waals surface area (Å²) >= 11 is 0. The number of guanidine groups is 1. The first-order valence-corrected chi connectivity index (χ1v) is 9.03. The summed E-state index contributed by atoms with van der Waals surface area (Å²) in [4.78, 5) is 11.1. The van der Waals surface area contributed by atoms with E-state index in [2.05, 4.69) is 62.4 Å². The van der Waals surface area contributed by atoms with Gasteiger partial charge in [-0.05, 0) is 38.7 Å². The molecule has 2 N–H and O–H groups in total. The molecule has 0 aliphatic carbocycles. The van der Waals surface area contributed by atoms with Crippen molar-refractivity contribution in [2.24, 2.45) is 4.99 Å². The summed E-state index contributed by atoms with van der Waals surface area (Å²) in [7, 11) is 1.86. The fraction of sp³-hybridized carbons (Fsp3) is 0.526. The van der Waals surface area contributed by atoms with Gasteiger partial charge < -0.3 is 10.2 Å². The lowest BCUT2D eigenvalue weighted by atomic mass is 9.96. The minimum absolute atomic E-state index is 0.479. The maximum absolute atomic E-state index is 4.46. The predicted molar refractivity (Wildman–Crippen MR) is 101 cm³/mol. The van der Waals surface area contributed by atoms with Gasteiger partial charge in [-0.25, -0.2) is 4.98 Å². The van der Waals surface area contributed by atoms with Gasteiger partial charge in [0.15, 0.2) is 5.96 Å². The molecule has 1 aromatic carbocycles. The van der Waals surface area contributed by atoms with E-state index in [0.717, 1.165) is 50.7 Å². The standard InChI is InChI=1S/C19H28N6/c1-14-10-15(2)12-16(11-14)4-7-21-19(20-3)25-8-5-17(6-9-25)18-22-13-23-24-18/h10-13,17H,4-9H2,1-3H3,(H,20,21)(H,22,23,24). The van der Waals surface area contributed by atoms with Crippen LogP contribution in [-0.2, 0) is 6.42 Å². The highest BCUT2D eigenvalue weighted by atomic mass is 15.3. The van der Waals surface area contributed by atoms with Crippen LogP contribution in [0.1, 0.15) is 41.3 Å². The molecule has 0 saturated carbocycles. The monoisotopic (exact) mass is 340 g/mol. The highest BCUT2D eigenvalue weighted by Crippen LogP contribution is 2.24. The number of piperidine rings is 1. The van der Waals surface area contributed by atoms with Gasteiger partial charge >= 0.3 is 0 Å². The van der Waals surface area contributed by atoms with E-state index in [9.17, 15) is 0 Å². The Labute approximate surface area is 149 Å². The van der Waals surface area contributed by atoms with Gasteiger partial charge in [0.1, 0.15) is 12.2 Å². The Kier molecular flexibility index (Phi) is 5.68. The number of hydrogen-bond acceptors (Lipinski definition) is 3. The smallest absolute Gasteiger partial charge is 0.193 e. The Balaban J connectivity index is 1.48. The van der Waals surface area contributed by atoms with Crippen LogP contribution >= 0.6 is 0 Å². The summed E-state index contributed by atoms with van der Waals surface area (Å²) in [5.41, 5.74) is 4.03. The number of H-pyrrole nitrogens is 1. The van der Waals surface area contributed by atoms with Crippen molar-refractivity contribution in [2.75, 3.05) is 26.7 Å². The fourth-order valence-corrected chi connectivity index (χ4v) is 3.64. The number of aromatic amines is 1. The van der Waals surface area contributed by atoms with Gasteiger partial charge in [0.05, 0.1) is 0 Å². The minimum Gasteiger partial charge on any atom is -0.356 e. The van der Waals surface area contributed by atoms with Crippen LogP contribution < -0.4 is 5.32 Å². The van der Waals surface area contributed by atoms with E-state index in [1.54, 1.807) is 6.33 Å². The van der Waals surface area contributed by atoms with Crippen LogP contribution in [0, 0.1) is 13.8 Å². The van der Waals surface area contributed by atoms with E-state index >= 15 is 0 Å². The highest BCUT2D eigenvalue weighted by molar-refractivity contribution is 5.80. The zero-order chi connectivity index (χ0) is 17.6. The molecule has 3 rings (SSSR count). The predicted octanol–water partition coefficient (Wildman–Crippen LogP) is 2.42. The van der Waals surface area contributed by atoms with E-state index in [1.807, 2.05) is 7.05 Å². The van der Waals surface area contributed by atoms with Crippen LogP contribution in [0.15, 0.2) is 29.5 Å². The average molecular weight is 340 g/mol. The number of aromatic nitrogens is 3. The second-order valence-electron chi connectivity index (χ2n) is 6.85. The van der Waals surface area contributed by atoms with Crippen molar-refractivity contribution in [1.82, 2.24) is 25.4 Å². The van der Waals surface area contributed by atoms with Gasteiger partial charge in [0.2, 0.25) is 0 Å². The Morgan fingerprint density at radius 3 is 2.56 bits per heavy atom. The third-order valence-corrected chi connectivity index (χ3v) is 4.80. The lowest BCUT2D eigenvalue weighted by Gasteiger charge is -2.33. The van der Waals surface area contributed by atoms with Crippen LogP contribution in [0.4, 0.5) is 0 Å². The number of likely N-dealkylation sites (tertiary alicyclic amines) is 1. The number of rotatable bonds is 4. The molecule has 2 heterocycles.